The molecule has 2 nitrogen and oxygen atoms in total. The third-order valence-electron chi connectivity index (χ3n) is 5.50. The third-order valence-corrected chi connectivity index (χ3v) is 5.50. The fourth-order valence-corrected chi connectivity index (χ4v) is 4.47. The Bertz CT molecular complexity index is 629. The summed E-state index contributed by atoms with van der Waals surface area (Å²) in [7, 11) is 0. The van der Waals surface area contributed by atoms with Crippen LogP contribution in [0.5, 0.6) is 0 Å². The van der Waals surface area contributed by atoms with Gasteiger partial charge in [-0.2, -0.15) is 0 Å². The second-order valence-corrected chi connectivity index (χ2v) is 6.97. The molecule has 4 unspecified atom stereocenters. The van der Waals surface area contributed by atoms with Crippen LogP contribution < -0.4 is 5.73 Å². The molecule has 2 fully saturated rings. The van der Waals surface area contributed by atoms with E-state index in [2.05, 4.69) is 31.2 Å². The van der Waals surface area contributed by atoms with Crippen molar-refractivity contribution in [1.29, 1.82) is 0 Å². The number of nitrogens with two attached hydrogens (primary N) is 1. The molecular weight excluding hydrogens is 246 g/mol. The van der Waals surface area contributed by atoms with Crippen molar-refractivity contribution in [3.05, 3.63) is 35.6 Å². The first-order valence-electron chi connectivity index (χ1n) is 7.94. The van der Waals surface area contributed by atoms with Crippen molar-refractivity contribution in [1.82, 2.24) is 0 Å². The Hall–Kier alpha value is -1.28. The molecule has 4 rings (SSSR count). The molecule has 2 aliphatic carbocycles. The second kappa shape index (κ2) is 4.63. The predicted octanol–water partition coefficient (Wildman–Crippen LogP) is 4.57. The molecule has 2 aliphatic rings. The van der Waals surface area contributed by atoms with Crippen LogP contribution in [0.3, 0.4) is 0 Å². The maximum Gasteiger partial charge on any atom is 0.134 e. The quantitative estimate of drug-likeness (QED) is 0.886. The predicted molar refractivity (Wildman–Crippen MR) is 81.4 cm³/mol. The molecule has 0 spiro atoms. The lowest BCUT2D eigenvalue weighted by Crippen LogP contribution is -2.19. The minimum absolute atomic E-state index is 0.0621. The van der Waals surface area contributed by atoms with Crippen molar-refractivity contribution in [2.45, 2.75) is 45.1 Å². The molecule has 2 bridgehead atoms. The van der Waals surface area contributed by atoms with E-state index in [1.165, 1.54) is 36.6 Å². The van der Waals surface area contributed by atoms with Gasteiger partial charge in [0.2, 0.25) is 0 Å². The minimum Gasteiger partial charge on any atom is -0.459 e. The van der Waals surface area contributed by atoms with Gasteiger partial charge in [-0.3, -0.25) is 0 Å². The number of hydrogen-bond acceptors (Lipinski definition) is 2. The van der Waals surface area contributed by atoms with Gasteiger partial charge >= 0.3 is 0 Å². The van der Waals surface area contributed by atoms with E-state index >= 15 is 0 Å². The number of hydrogen-bond donors (Lipinski definition) is 1. The van der Waals surface area contributed by atoms with Crippen LogP contribution in [0.4, 0.5) is 0 Å². The molecule has 106 valence electrons. The lowest BCUT2D eigenvalue weighted by Gasteiger charge is -2.23. The molecule has 2 heteroatoms. The zero-order valence-corrected chi connectivity index (χ0v) is 12.1. The third kappa shape index (κ3) is 2.07. The van der Waals surface area contributed by atoms with Crippen molar-refractivity contribution in [2.24, 2.45) is 23.5 Å². The van der Waals surface area contributed by atoms with Gasteiger partial charge in [-0.1, -0.05) is 18.1 Å². The monoisotopic (exact) mass is 269 g/mol. The van der Waals surface area contributed by atoms with Crippen LogP contribution in [-0.2, 0) is 0 Å². The molecule has 20 heavy (non-hydrogen) atoms. The van der Waals surface area contributed by atoms with Crippen LogP contribution in [0.1, 0.15) is 49.5 Å². The van der Waals surface area contributed by atoms with Crippen LogP contribution >= 0.6 is 0 Å². The van der Waals surface area contributed by atoms with Gasteiger partial charge in [-0.05, 0) is 68.6 Å². The highest BCUT2D eigenvalue weighted by Gasteiger charge is 2.40. The summed E-state index contributed by atoms with van der Waals surface area (Å²) >= 11 is 0. The Balaban J connectivity index is 1.53. The van der Waals surface area contributed by atoms with E-state index in [9.17, 15) is 0 Å². The average molecular weight is 269 g/mol. The smallest absolute Gasteiger partial charge is 0.134 e. The molecular formula is C18H23NO. The van der Waals surface area contributed by atoms with E-state index in [4.69, 9.17) is 10.2 Å². The largest absolute Gasteiger partial charge is 0.459 e. The van der Waals surface area contributed by atoms with Crippen LogP contribution in [-0.4, -0.2) is 0 Å². The summed E-state index contributed by atoms with van der Waals surface area (Å²) < 4.78 is 5.95. The summed E-state index contributed by atoms with van der Waals surface area (Å²) in [6.45, 7) is 2.11. The summed E-state index contributed by atoms with van der Waals surface area (Å²) in [5.41, 5.74) is 8.65. The van der Waals surface area contributed by atoms with Gasteiger partial charge < -0.3 is 10.2 Å². The zero-order valence-electron chi connectivity index (χ0n) is 12.1. The SMILES string of the molecule is Cc1ccc2oc(C(N)CC3CC4CCC3C4)cc2c1. The first-order chi connectivity index (χ1) is 9.69. The van der Waals surface area contributed by atoms with Crippen molar-refractivity contribution < 1.29 is 4.42 Å². The summed E-state index contributed by atoms with van der Waals surface area (Å²) in [5, 5.41) is 1.18. The van der Waals surface area contributed by atoms with Crippen LogP contribution in [0, 0.1) is 24.7 Å². The van der Waals surface area contributed by atoms with Gasteiger partial charge in [-0.15, -0.1) is 0 Å². The Kier molecular flexibility index (Phi) is 2.88. The molecule has 1 heterocycles. The normalized spacial score (nSPS) is 30.2. The maximum atomic E-state index is 6.41. The highest BCUT2D eigenvalue weighted by Crippen LogP contribution is 2.50. The van der Waals surface area contributed by atoms with Crippen molar-refractivity contribution in [3.63, 3.8) is 0 Å². The molecule has 2 N–H and O–H groups in total. The van der Waals surface area contributed by atoms with Gasteiger partial charge in [0.05, 0.1) is 6.04 Å². The molecule has 1 aromatic carbocycles. The number of rotatable bonds is 3. The maximum absolute atomic E-state index is 6.41. The van der Waals surface area contributed by atoms with E-state index in [1.54, 1.807) is 0 Å². The summed E-state index contributed by atoms with van der Waals surface area (Å²) in [5.74, 6) is 3.74. The second-order valence-electron chi connectivity index (χ2n) is 6.97. The molecule has 0 saturated heterocycles. The molecule has 0 amide bonds. The van der Waals surface area contributed by atoms with E-state index in [-0.39, 0.29) is 6.04 Å². The van der Waals surface area contributed by atoms with Gasteiger partial charge in [-0.25, -0.2) is 0 Å². The Morgan fingerprint density at radius 2 is 2.15 bits per heavy atom. The molecule has 0 aliphatic heterocycles. The molecule has 0 radical (unpaired) electrons. The fourth-order valence-electron chi connectivity index (χ4n) is 4.47. The summed E-state index contributed by atoms with van der Waals surface area (Å²) in [6.07, 6.45) is 6.84. The Morgan fingerprint density at radius 1 is 1.25 bits per heavy atom. The fraction of sp³-hybridized carbons (Fsp3) is 0.556. The topological polar surface area (TPSA) is 39.2 Å². The van der Waals surface area contributed by atoms with E-state index in [0.717, 1.165) is 35.5 Å². The lowest BCUT2D eigenvalue weighted by molar-refractivity contribution is 0.285. The molecule has 4 atom stereocenters. The molecule has 2 saturated carbocycles. The summed E-state index contributed by atoms with van der Waals surface area (Å²) in [4.78, 5) is 0. The summed E-state index contributed by atoms with van der Waals surface area (Å²) in [6, 6.07) is 8.52. The average Bonchev–Trinajstić information content (AvgIpc) is 3.11. The Morgan fingerprint density at radius 3 is 2.90 bits per heavy atom. The van der Waals surface area contributed by atoms with Gasteiger partial charge in [0.15, 0.2) is 0 Å². The van der Waals surface area contributed by atoms with Crippen molar-refractivity contribution in [3.8, 4) is 0 Å². The number of aryl methyl sites for hydroxylation is 1. The molecule has 1 aromatic heterocycles. The van der Waals surface area contributed by atoms with Crippen molar-refractivity contribution in [2.75, 3.05) is 0 Å². The lowest BCUT2D eigenvalue weighted by atomic mass is 9.84. The number of fused-ring (bicyclic) bond motifs is 3. The first kappa shape index (κ1) is 12.5. The highest BCUT2D eigenvalue weighted by molar-refractivity contribution is 5.78. The van der Waals surface area contributed by atoms with Gasteiger partial charge in [0.1, 0.15) is 11.3 Å². The van der Waals surface area contributed by atoms with Crippen LogP contribution in [0.2, 0.25) is 0 Å². The van der Waals surface area contributed by atoms with E-state index in [1.807, 2.05) is 0 Å². The van der Waals surface area contributed by atoms with E-state index < -0.39 is 0 Å². The molecule has 2 aromatic rings. The van der Waals surface area contributed by atoms with Gasteiger partial charge in [0, 0.05) is 5.39 Å². The Labute approximate surface area is 120 Å². The van der Waals surface area contributed by atoms with Crippen LogP contribution in [0.15, 0.2) is 28.7 Å². The minimum atomic E-state index is 0.0621. The highest BCUT2D eigenvalue weighted by atomic mass is 16.3. The first-order valence-corrected chi connectivity index (χ1v) is 7.94. The zero-order chi connectivity index (χ0) is 13.7. The van der Waals surface area contributed by atoms with Crippen molar-refractivity contribution >= 4 is 11.0 Å². The standard InChI is InChI=1S/C18H23NO/c1-11-2-5-17-15(6-11)10-18(20-17)16(19)9-14-8-12-3-4-13(14)7-12/h2,5-6,10,12-14,16H,3-4,7-9,19H2,1H3. The van der Waals surface area contributed by atoms with E-state index in [0.29, 0.717) is 0 Å². The number of furan rings is 1. The van der Waals surface area contributed by atoms with Gasteiger partial charge in [0.25, 0.3) is 0 Å². The number of benzene rings is 1. The van der Waals surface area contributed by atoms with Crippen LogP contribution in [0.25, 0.3) is 11.0 Å².